The Hall–Kier alpha value is -5.19. The molecule has 1 unspecified atom stereocenters. The van der Waals surface area contributed by atoms with Crippen molar-refractivity contribution < 1.29 is 19.1 Å². The number of aryl methyl sites for hydroxylation is 2. The normalized spacial score (nSPS) is 11.8. The number of nitrogens with one attached hydrogen (secondary N) is 3. The maximum absolute atomic E-state index is 13.4. The van der Waals surface area contributed by atoms with E-state index in [0.717, 1.165) is 21.0 Å². The van der Waals surface area contributed by atoms with Crippen LogP contribution in [-0.4, -0.2) is 35.1 Å². The molecular formula is C37H34N4O4S2. The van der Waals surface area contributed by atoms with Gasteiger partial charge in [-0.3, -0.25) is 14.4 Å². The van der Waals surface area contributed by atoms with Crippen molar-refractivity contribution in [2.24, 2.45) is 0 Å². The summed E-state index contributed by atoms with van der Waals surface area (Å²) in [5.41, 5.74) is 4.76. The van der Waals surface area contributed by atoms with Gasteiger partial charge in [-0.1, -0.05) is 60.2 Å². The number of amides is 3. The Bertz CT molecular complexity index is 1900. The summed E-state index contributed by atoms with van der Waals surface area (Å²) >= 11 is 2.85. The van der Waals surface area contributed by atoms with Gasteiger partial charge in [0.15, 0.2) is 5.13 Å². The molecule has 5 aromatic rings. The molecule has 4 aromatic carbocycles. The summed E-state index contributed by atoms with van der Waals surface area (Å²) in [6.07, 6.45) is 1.59. The minimum absolute atomic E-state index is 0.0683. The van der Waals surface area contributed by atoms with Crippen LogP contribution in [0.25, 0.3) is 17.3 Å². The number of carbonyl (C=O) groups is 3. The Morgan fingerprint density at radius 3 is 2.30 bits per heavy atom. The first-order chi connectivity index (χ1) is 22.7. The molecule has 0 saturated carbocycles. The highest BCUT2D eigenvalue weighted by Gasteiger charge is 2.19. The number of carbonyl (C=O) groups excluding carboxylic acids is 3. The molecule has 5 rings (SSSR count). The van der Waals surface area contributed by atoms with Crippen LogP contribution < -0.4 is 20.7 Å². The summed E-state index contributed by atoms with van der Waals surface area (Å²) in [5, 5.41) is 8.72. The van der Waals surface area contributed by atoms with E-state index in [-0.39, 0.29) is 11.6 Å². The smallest absolute Gasteiger partial charge is 0.272 e. The van der Waals surface area contributed by atoms with Gasteiger partial charge in [0.1, 0.15) is 11.4 Å². The zero-order valence-corrected chi connectivity index (χ0v) is 28.0. The van der Waals surface area contributed by atoms with E-state index in [1.165, 1.54) is 28.7 Å². The molecule has 0 fully saturated rings. The molecule has 0 aliphatic heterocycles. The van der Waals surface area contributed by atoms with E-state index in [4.69, 9.17) is 4.74 Å². The summed E-state index contributed by atoms with van der Waals surface area (Å²) in [6, 6.07) is 31.2. The topological polar surface area (TPSA) is 109 Å². The minimum Gasteiger partial charge on any atom is -0.497 e. The molecule has 10 heteroatoms. The van der Waals surface area contributed by atoms with Crippen LogP contribution in [0.4, 0.5) is 10.8 Å². The van der Waals surface area contributed by atoms with E-state index in [2.05, 4.69) is 20.9 Å². The molecule has 238 valence electrons. The van der Waals surface area contributed by atoms with Crippen molar-refractivity contribution in [2.75, 3.05) is 17.7 Å². The van der Waals surface area contributed by atoms with Crippen LogP contribution in [0.2, 0.25) is 0 Å². The maximum Gasteiger partial charge on any atom is 0.272 e. The van der Waals surface area contributed by atoms with Crippen molar-refractivity contribution in [1.82, 2.24) is 10.3 Å². The molecule has 0 bridgehead atoms. The first-order valence-corrected chi connectivity index (χ1v) is 16.5. The van der Waals surface area contributed by atoms with Gasteiger partial charge in [0.05, 0.1) is 18.1 Å². The molecule has 1 atom stereocenters. The average Bonchev–Trinajstić information content (AvgIpc) is 3.45. The van der Waals surface area contributed by atoms with E-state index < -0.39 is 17.1 Å². The van der Waals surface area contributed by atoms with Gasteiger partial charge < -0.3 is 20.7 Å². The molecule has 3 N–H and O–H groups in total. The van der Waals surface area contributed by atoms with E-state index in [1.807, 2.05) is 69.3 Å². The van der Waals surface area contributed by atoms with Gasteiger partial charge in [-0.2, -0.15) is 0 Å². The number of hydrogen-bond donors (Lipinski definition) is 3. The first kappa shape index (κ1) is 33.2. The number of thioether (sulfide) groups is 1. The SMILES string of the molecule is COc1cccc(/C=C(\NC(=O)c2ccccc2)C(=O)Nc2ccc(SC(C)C(=O)Nc3nc(-c4ccc(C)cc4)c(C)s3)cc2)c1. The maximum atomic E-state index is 13.4. The predicted molar refractivity (Wildman–Crippen MR) is 191 cm³/mol. The number of anilines is 2. The van der Waals surface area contributed by atoms with E-state index >= 15 is 0 Å². The summed E-state index contributed by atoms with van der Waals surface area (Å²) < 4.78 is 5.30. The molecule has 8 nitrogen and oxygen atoms in total. The molecule has 0 saturated heterocycles. The van der Waals surface area contributed by atoms with Crippen LogP contribution in [0.1, 0.15) is 33.3 Å². The minimum atomic E-state index is -0.492. The molecule has 0 aliphatic rings. The Balaban J connectivity index is 1.23. The highest BCUT2D eigenvalue weighted by atomic mass is 32.2. The second kappa shape index (κ2) is 15.4. The number of rotatable bonds is 11. The number of benzene rings is 4. The largest absolute Gasteiger partial charge is 0.497 e. The predicted octanol–water partition coefficient (Wildman–Crippen LogP) is 7.96. The lowest BCUT2D eigenvalue weighted by atomic mass is 10.1. The number of ether oxygens (including phenoxy) is 1. The third-order valence-electron chi connectivity index (χ3n) is 7.08. The highest BCUT2D eigenvalue weighted by molar-refractivity contribution is 8.00. The van der Waals surface area contributed by atoms with Gasteiger partial charge in [-0.15, -0.1) is 23.1 Å². The van der Waals surface area contributed by atoms with Crippen molar-refractivity contribution in [3.63, 3.8) is 0 Å². The fourth-order valence-corrected chi connectivity index (χ4v) is 6.26. The number of hydrogen-bond acceptors (Lipinski definition) is 7. The lowest BCUT2D eigenvalue weighted by Crippen LogP contribution is -2.30. The second-order valence-corrected chi connectivity index (χ2v) is 13.3. The van der Waals surface area contributed by atoms with Crippen molar-refractivity contribution >= 4 is 57.7 Å². The molecule has 1 aromatic heterocycles. The summed E-state index contributed by atoms with van der Waals surface area (Å²) in [4.78, 5) is 45.9. The molecule has 0 aliphatic carbocycles. The van der Waals surface area contributed by atoms with Crippen molar-refractivity contribution in [2.45, 2.75) is 30.9 Å². The van der Waals surface area contributed by atoms with E-state index in [9.17, 15) is 14.4 Å². The van der Waals surface area contributed by atoms with Crippen molar-refractivity contribution in [3.8, 4) is 17.0 Å². The van der Waals surface area contributed by atoms with E-state index in [1.54, 1.807) is 67.8 Å². The molecule has 47 heavy (non-hydrogen) atoms. The molecule has 0 radical (unpaired) electrons. The Morgan fingerprint density at radius 1 is 0.872 bits per heavy atom. The van der Waals surface area contributed by atoms with Crippen LogP contribution in [-0.2, 0) is 9.59 Å². The summed E-state index contributed by atoms with van der Waals surface area (Å²) in [7, 11) is 1.56. The quantitative estimate of drug-likeness (QED) is 0.0978. The number of nitrogens with zero attached hydrogens (tertiary/aromatic N) is 1. The third kappa shape index (κ3) is 8.96. The Kier molecular flexibility index (Phi) is 10.9. The van der Waals surface area contributed by atoms with Crippen molar-refractivity contribution in [3.05, 3.63) is 130 Å². The zero-order valence-electron chi connectivity index (χ0n) is 26.4. The monoisotopic (exact) mass is 662 g/mol. The zero-order chi connectivity index (χ0) is 33.3. The Morgan fingerprint density at radius 2 is 1.60 bits per heavy atom. The highest BCUT2D eigenvalue weighted by Crippen LogP contribution is 2.32. The van der Waals surface area contributed by atoms with E-state index in [0.29, 0.717) is 27.7 Å². The van der Waals surface area contributed by atoms with Crippen LogP contribution in [0.15, 0.2) is 114 Å². The fraction of sp³-hybridized carbons (Fsp3) is 0.135. The fourth-order valence-electron chi connectivity index (χ4n) is 4.55. The first-order valence-electron chi connectivity index (χ1n) is 14.8. The Labute approximate surface area is 282 Å². The standard InChI is InChI=1S/C37H34N4O4S2/c1-23-13-15-27(16-14-23)33-24(2)47-37(40-33)41-34(42)25(3)46-31-19-17-29(18-20-31)38-36(44)32(22-26-9-8-12-30(21-26)45-4)39-35(43)28-10-6-5-7-11-28/h5-22,25H,1-4H3,(H,38,44)(H,39,43)(H,40,41,42)/b32-22-. The van der Waals surface area contributed by atoms with Crippen LogP contribution >= 0.6 is 23.1 Å². The van der Waals surface area contributed by atoms with Gasteiger partial charge in [-0.05, 0) is 80.9 Å². The van der Waals surface area contributed by atoms with Crippen LogP contribution in [0.5, 0.6) is 5.75 Å². The van der Waals surface area contributed by atoms with Gasteiger partial charge in [0.2, 0.25) is 5.91 Å². The number of aromatic nitrogens is 1. The van der Waals surface area contributed by atoms with Gasteiger partial charge in [0, 0.05) is 26.6 Å². The summed E-state index contributed by atoms with van der Waals surface area (Å²) in [6.45, 7) is 5.87. The second-order valence-electron chi connectivity index (χ2n) is 10.7. The number of thiazole rings is 1. The lowest BCUT2D eigenvalue weighted by molar-refractivity contribution is -0.115. The van der Waals surface area contributed by atoms with Crippen LogP contribution in [0.3, 0.4) is 0 Å². The molecule has 0 spiro atoms. The lowest BCUT2D eigenvalue weighted by Gasteiger charge is -2.13. The molecule has 3 amide bonds. The third-order valence-corrected chi connectivity index (χ3v) is 9.08. The van der Waals surface area contributed by atoms with Gasteiger partial charge in [0.25, 0.3) is 11.8 Å². The average molecular weight is 663 g/mol. The van der Waals surface area contributed by atoms with Gasteiger partial charge in [-0.25, -0.2) is 4.98 Å². The van der Waals surface area contributed by atoms with Crippen LogP contribution in [0, 0.1) is 13.8 Å². The van der Waals surface area contributed by atoms with Crippen molar-refractivity contribution in [1.29, 1.82) is 0 Å². The van der Waals surface area contributed by atoms with Gasteiger partial charge >= 0.3 is 0 Å². The summed E-state index contributed by atoms with van der Waals surface area (Å²) in [5.74, 6) is -0.432. The molecular weight excluding hydrogens is 629 g/mol. The molecule has 1 heterocycles. The number of methoxy groups -OCH3 is 1.